The summed E-state index contributed by atoms with van der Waals surface area (Å²) >= 11 is 0. The van der Waals surface area contributed by atoms with Gasteiger partial charge in [0.2, 0.25) is 0 Å². The highest BCUT2D eigenvalue weighted by molar-refractivity contribution is 5.39. The highest BCUT2D eigenvalue weighted by atomic mass is 16.5. The van der Waals surface area contributed by atoms with Crippen molar-refractivity contribution in [2.75, 3.05) is 6.61 Å². The van der Waals surface area contributed by atoms with Crippen LogP contribution < -0.4 is 10.5 Å². The molecule has 0 aliphatic heterocycles. The van der Waals surface area contributed by atoms with Crippen LogP contribution in [0.15, 0.2) is 24.3 Å². The Labute approximate surface area is 97.8 Å². The fourth-order valence-electron chi connectivity index (χ4n) is 2.73. The zero-order valence-corrected chi connectivity index (χ0v) is 10.2. The Hall–Kier alpha value is -1.02. The molecule has 2 N–H and O–H groups in total. The van der Waals surface area contributed by atoms with E-state index in [1.54, 1.807) is 0 Å². The van der Waals surface area contributed by atoms with E-state index in [9.17, 15) is 0 Å². The second-order valence-electron chi connectivity index (χ2n) is 4.93. The topological polar surface area (TPSA) is 35.2 Å². The number of rotatable bonds is 3. The molecule has 1 fully saturated rings. The summed E-state index contributed by atoms with van der Waals surface area (Å²) in [5.41, 5.74) is 7.53. The van der Waals surface area contributed by atoms with Crippen LogP contribution in [0.2, 0.25) is 0 Å². The molecule has 0 spiro atoms. The first-order chi connectivity index (χ1) is 7.65. The molecule has 2 nitrogen and oxygen atoms in total. The van der Waals surface area contributed by atoms with Gasteiger partial charge in [0.15, 0.2) is 0 Å². The molecule has 2 atom stereocenters. The van der Waals surface area contributed by atoms with E-state index in [0.717, 1.165) is 24.5 Å². The van der Waals surface area contributed by atoms with Crippen LogP contribution in [0.25, 0.3) is 0 Å². The SMILES string of the molecule is CCOc1ccccc1C1(N)CCC(C)C1. The van der Waals surface area contributed by atoms with Crippen LogP contribution in [-0.2, 0) is 5.54 Å². The van der Waals surface area contributed by atoms with Gasteiger partial charge in [0, 0.05) is 11.1 Å². The molecule has 16 heavy (non-hydrogen) atoms. The van der Waals surface area contributed by atoms with E-state index in [2.05, 4.69) is 19.1 Å². The maximum absolute atomic E-state index is 6.52. The monoisotopic (exact) mass is 219 g/mol. The van der Waals surface area contributed by atoms with Crippen molar-refractivity contribution in [1.29, 1.82) is 0 Å². The lowest BCUT2D eigenvalue weighted by Crippen LogP contribution is -2.34. The van der Waals surface area contributed by atoms with Gasteiger partial charge in [-0.3, -0.25) is 0 Å². The Morgan fingerprint density at radius 1 is 1.44 bits per heavy atom. The average Bonchev–Trinajstić information content (AvgIpc) is 2.61. The number of hydrogen-bond acceptors (Lipinski definition) is 2. The third kappa shape index (κ3) is 2.07. The Balaban J connectivity index is 2.32. The van der Waals surface area contributed by atoms with Gasteiger partial charge in [-0.1, -0.05) is 25.1 Å². The Morgan fingerprint density at radius 2 is 2.19 bits per heavy atom. The van der Waals surface area contributed by atoms with Gasteiger partial charge in [0.05, 0.1) is 6.61 Å². The molecule has 1 aliphatic rings. The van der Waals surface area contributed by atoms with Gasteiger partial charge in [-0.05, 0) is 38.2 Å². The molecule has 0 bridgehead atoms. The van der Waals surface area contributed by atoms with Crippen molar-refractivity contribution in [2.45, 2.75) is 38.6 Å². The van der Waals surface area contributed by atoms with E-state index < -0.39 is 0 Å². The molecule has 1 aromatic rings. The summed E-state index contributed by atoms with van der Waals surface area (Å²) in [6, 6.07) is 8.20. The highest BCUT2D eigenvalue weighted by Gasteiger charge is 2.37. The Kier molecular flexibility index (Phi) is 3.20. The average molecular weight is 219 g/mol. The van der Waals surface area contributed by atoms with E-state index >= 15 is 0 Å². The minimum absolute atomic E-state index is 0.175. The summed E-state index contributed by atoms with van der Waals surface area (Å²) in [4.78, 5) is 0. The maximum atomic E-state index is 6.52. The normalized spacial score (nSPS) is 29.3. The van der Waals surface area contributed by atoms with Gasteiger partial charge < -0.3 is 10.5 Å². The van der Waals surface area contributed by atoms with E-state index in [1.165, 1.54) is 12.0 Å². The molecule has 2 unspecified atom stereocenters. The first kappa shape index (κ1) is 11.5. The maximum Gasteiger partial charge on any atom is 0.124 e. The van der Waals surface area contributed by atoms with Crippen LogP contribution in [0.4, 0.5) is 0 Å². The van der Waals surface area contributed by atoms with Crippen LogP contribution in [-0.4, -0.2) is 6.61 Å². The van der Waals surface area contributed by atoms with Crippen LogP contribution in [0.3, 0.4) is 0 Å². The van der Waals surface area contributed by atoms with E-state index in [0.29, 0.717) is 6.61 Å². The summed E-state index contributed by atoms with van der Waals surface area (Å²) in [5.74, 6) is 1.68. The quantitative estimate of drug-likeness (QED) is 0.848. The molecule has 0 saturated heterocycles. The van der Waals surface area contributed by atoms with Gasteiger partial charge in [0.25, 0.3) is 0 Å². The zero-order valence-electron chi connectivity index (χ0n) is 10.2. The minimum Gasteiger partial charge on any atom is -0.494 e. The van der Waals surface area contributed by atoms with Crippen LogP contribution >= 0.6 is 0 Å². The van der Waals surface area contributed by atoms with Crippen molar-refractivity contribution in [3.05, 3.63) is 29.8 Å². The zero-order chi connectivity index (χ0) is 11.6. The Bertz CT molecular complexity index is 364. The third-order valence-electron chi connectivity index (χ3n) is 3.52. The van der Waals surface area contributed by atoms with Crippen molar-refractivity contribution < 1.29 is 4.74 Å². The second-order valence-corrected chi connectivity index (χ2v) is 4.93. The van der Waals surface area contributed by atoms with Crippen molar-refractivity contribution in [2.24, 2.45) is 11.7 Å². The standard InChI is InChI=1S/C14H21NO/c1-3-16-13-7-5-4-6-12(13)14(15)9-8-11(2)10-14/h4-7,11H,3,8-10,15H2,1-2H3. The predicted molar refractivity (Wildman–Crippen MR) is 66.5 cm³/mol. The molecule has 1 aliphatic carbocycles. The molecule has 1 aromatic carbocycles. The van der Waals surface area contributed by atoms with Gasteiger partial charge in [-0.15, -0.1) is 0 Å². The van der Waals surface area contributed by atoms with E-state index in [-0.39, 0.29) is 5.54 Å². The molecule has 0 aromatic heterocycles. The van der Waals surface area contributed by atoms with Gasteiger partial charge in [-0.2, -0.15) is 0 Å². The molecule has 0 radical (unpaired) electrons. The molecule has 2 heteroatoms. The second kappa shape index (κ2) is 4.46. The lowest BCUT2D eigenvalue weighted by atomic mass is 9.88. The molecule has 0 amide bonds. The number of para-hydroxylation sites is 1. The van der Waals surface area contributed by atoms with Crippen LogP contribution in [0.1, 0.15) is 38.7 Å². The molecule has 1 saturated carbocycles. The number of ether oxygens (including phenoxy) is 1. The molecule has 0 heterocycles. The van der Waals surface area contributed by atoms with Crippen LogP contribution in [0.5, 0.6) is 5.75 Å². The Morgan fingerprint density at radius 3 is 2.81 bits per heavy atom. The van der Waals surface area contributed by atoms with E-state index in [1.807, 2.05) is 19.1 Å². The smallest absolute Gasteiger partial charge is 0.124 e. The lowest BCUT2D eigenvalue weighted by molar-refractivity contribution is 0.321. The molecular formula is C14H21NO. The fraction of sp³-hybridized carbons (Fsp3) is 0.571. The van der Waals surface area contributed by atoms with Crippen LogP contribution in [0, 0.1) is 5.92 Å². The summed E-state index contributed by atoms with van der Waals surface area (Å²) < 4.78 is 5.67. The summed E-state index contributed by atoms with van der Waals surface area (Å²) in [7, 11) is 0. The van der Waals surface area contributed by atoms with E-state index in [4.69, 9.17) is 10.5 Å². The van der Waals surface area contributed by atoms with Crippen molar-refractivity contribution in [3.8, 4) is 5.75 Å². The molecular weight excluding hydrogens is 198 g/mol. The van der Waals surface area contributed by atoms with Crippen molar-refractivity contribution in [3.63, 3.8) is 0 Å². The highest BCUT2D eigenvalue weighted by Crippen LogP contribution is 2.43. The van der Waals surface area contributed by atoms with Crippen molar-refractivity contribution in [1.82, 2.24) is 0 Å². The lowest BCUT2D eigenvalue weighted by Gasteiger charge is -2.27. The predicted octanol–water partition coefficient (Wildman–Crippen LogP) is 3.06. The number of benzene rings is 1. The molecule has 2 rings (SSSR count). The van der Waals surface area contributed by atoms with Gasteiger partial charge in [-0.25, -0.2) is 0 Å². The number of hydrogen-bond donors (Lipinski definition) is 1. The molecule has 88 valence electrons. The first-order valence-electron chi connectivity index (χ1n) is 6.17. The minimum atomic E-state index is -0.175. The van der Waals surface area contributed by atoms with Crippen molar-refractivity contribution >= 4 is 0 Å². The largest absolute Gasteiger partial charge is 0.494 e. The summed E-state index contributed by atoms with van der Waals surface area (Å²) in [6.45, 7) is 4.98. The third-order valence-corrected chi connectivity index (χ3v) is 3.52. The summed E-state index contributed by atoms with van der Waals surface area (Å²) in [6.07, 6.45) is 3.35. The van der Waals surface area contributed by atoms with Gasteiger partial charge in [0.1, 0.15) is 5.75 Å². The number of nitrogens with two attached hydrogens (primary N) is 1. The summed E-state index contributed by atoms with van der Waals surface area (Å²) in [5, 5.41) is 0. The first-order valence-corrected chi connectivity index (χ1v) is 6.17. The van der Waals surface area contributed by atoms with Gasteiger partial charge >= 0.3 is 0 Å². The fourth-order valence-corrected chi connectivity index (χ4v) is 2.73.